The molecule has 6 rings (SSSR count). The molecule has 6 aromatic rings. The zero-order valence-corrected chi connectivity index (χ0v) is 28.1. The molecule has 50 heavy (non-hydrogen) atoms. The molecule has 0 spiro atoms. The number of amides is 2. The lowest BCUT2D eigenvalue weighted by atomic mass is 10.3. The number of aliphatic imine (C=N–C) groups is 1. The molecule has 0 aliphatic rings. The van der Waals surface area contributed by atoms with E-state index in [1.807, 2.05) is 76.2 Å². The molecular weight excluding hydrogens is 676 g/mol. The van der Waals surface area contributed by atoms with Gasteiger partial charge in [0.2, 0.25) is 23.5 Å². The first kappa shape index (κ1) is 43.2. The molecule has 18 heteroatoms. The van der Waals surface area contributed by atoms with Crippen molar-refractivity contribution < 1.29 is 42.4 Å². The molecular formula is C32H35ClN8O9. The highest BCUT2D eigenvalue weighted by Gasteiger charge is 2.05. The van der Waals surface area contributed by atoms with Gasteiger partial charge in [0.05, 0.1) is 24.8 Å². The van der Waals surface area contributed by atoms with Crippen LogP contribution in [0.25, 0.3) is 0 Å². The normalized spacial score (nSPS) is 8.50. The number of urea groups is 1. The van der Waals surface area contributed by atoms with Gasteiger partial charge < -0.3 is 34.2 Å². The summed E-state index contributed by atoms with van der Waals surface area (Å²) in [6, 6.07) is 24.0. The molecule has 0 fully saturated rings. The van der Waals surface area contributed by atoms with Crippen molar-refractivity contribution in [1.29, 1.82) is 0 Å². The maximum atomic E-state index is 11.4. The Labute approximate surface area is 291 Å². The smallest absolute Gasteiger partial charge is 0.374 e. The van der Waals surface area contributed by atoms with Crippen LogP contribution < -0.4 is 16.4 Å². The Hall–Kier alpha value is -6.84. The van der Waals surface area contributed by atoms with Gasteiger partial charge in [-0.15, -0.1) is 4.99 Å². The summed E-state index contributed by atoms with van der Waals surface area (Å²) in [4.78, 5) is 44.1. The molecule has 2 aromatic carbocycles. The molecule has 2 amide bonds. The summed E-state index contributed by atoms with van der Waals surface area (Å²) in [5, 5.41) is 25.9. The zero-order valence-electron chi connectivity index (χ0n) is 27.3. The van der Waals surface area contributed by atoms with E-state index >= 15 is 0 Å². The Bertz CT molecular complexity index is 1620. The lowest BCUT2D eigenvalue weighted by Gasteiger charge is -2.03. The molecule has 0 atom stereocenters. The van der Waals surface area contributed by atoms with Gasteiger partial charge in [-0.25, -0.2) is 14.4 Å². The third-order valence-corrected chi connectivity index (χ3v) is 4.55. The first-order chi connectivity index (χ1) is 24.3. The molecule has 0 aliphatic carbocycles. The molecule has 264 valence electrons. The number of nitrogens with two attached hydrogens (primary N) is 1. The number of benzene rings is 2. The largest absolute Gasteiger partial charge is 0.475 e. The third kappa shape index (κ3) is 21.0. The maximum Gasteiger partial charge on any atom is 0.374 e. The molecule has 17 nitrogen and oxygen atoms in total. The van der Waals surface area contributed by atoms with E-state index in [9.17, 15) is 19.2 Å². The fourth-order valence-corrected chi connectivity index (χ4v) is 2.58. The van der Waals surface area contributed by atoms with Gasteiger partial charge in [-0.1, -0.05) is 84.7 Å². The number of carboxylic acids is 1. The minimum Gasteiger partial charge on any atom is -0.475 e. The number of carbonyl (C=O) groups is 3. The standard InChI is InChI=1S/C10H9N3O2.C6H7N.C4H2ClNO2.C4H2N2O2.C4H3NO3.2C2H6/c14-10(13-9-6-7-11-15-9)12-8-4-2-1-3-5-8;7-6-4-2-1-3-5-6;5-4(7)3-1-2-6-8-3;7-3-5-4-1-2-6-8-4;6-4(7)3-1-2-5-8-3;2*1-2/h1-7H,(H2,12,13,14);1-5H,7H2;2*1-2H;1-2H,(H,6,7);2*1-2H3. The third-order valence-electron chi connectivity index (χ3n) is 4.37. The number of anilines is 3. The van der Waals surface area contributed by atoms with Crippen LogP contribution in [0.1, 0.15) is 48.8 Å². The Morgan fingerprint density at radius 2 is 1.20 bits per heavy atom. The number of hydrogen-bond donors (Lipinski definition) is 4. The molecule has 5 N–H and O–H groups in total. The fourth-order valence-electron chi connectivity index (χ4n) is 2.48. The number of aromatic carboxylic acids is 1. The number of nitrogens with one attached hydrogen (secondary N) is 2. The lowest BCUT2D eigenvalue weighted by Crippen LogP contribution is -2.18. The van der Waals surface area contributed by atoms with Crippen molar-refractivity contribution in [3.63, 3.8) is 0 Å². The number of para-hydroxylation sites is 2. The van der Waals surface area contributed by atoms with Crippen molar-refractivity contribution in [3.05, 3.63) is 121 Å². The van der Waals surface area contributed by atoms with Crippen molar-refractivity contribution >= 4 is 58.1 Å². The van der Waals surface area contributed by atoms with Crippen molar-refractivity contribution in [2.45, 2.75) is 27.7 Å². The molecule has 0 aliphatic heterocycles. The van der Waals surface area contributed by atoms with Crippen LogP contribution in [0.3, 0.4) is 0 Å². The van der Waals surface area contributed by atoms with E-state index in [1.54, 1.807) is 18.2 Å². The van der Waals surface area contributed by atoms with E-state index in [2.05, 4.69) is 49.8 Å². The summed E-state index contributed by atoms with van der Waals surface area (Å²) in [6.07, 6.45) is 6.80. The number of carboxylic acid groups (broad SMARTS) is 1. The predicted octanol–water partition coefficient (Wildman–Crippen LogP) is 7.71. The van der Waals surface area contributed by atoms with Crippen molar-refractivity contribution in [3.8, 4) is 0 Å². The summed E-state index contributed by atoms with van der Waals surface area (Å²) in [5.74, 6) is -0.664. The Balaban J connectivity index is 0.000000604. The van der Waals surface area contributed by atoms with Crippen LogP contribution in [-0.2, 0) is 4.79 Å². The van der Waals surface area contributed by atoms with Gasteiger partial charge in [-0.3, -0.25) is 10.1 Å². The molecule has 0 radical (unpaired) electrons. The van der Waals surface area contributed by atoms with Crippen LogP contribution in [0.5, 0.6) is 0 Å². The number of aromatic nitrogens is 4. The Morgan fingerprint density at radius 3 is 1.56 bits per heavy atom. The second-order valence-corrected chi connectivity index (χ2v) is 7.96. The van der Waals surface area contributed by atoms with Gasteiger partial charge >= 0.3 is 12.0 Å². The zero-order chi connectivity index (χ0) is 37.4. The molecule has 0 saturated carbocycles. The highest BCUT2D eigenvalue weighted by Crippen LogP contribution is 2.08. The molecule has 0 unspecified atom stereocenters. The monoisotopic (exact) mass is 710 g/mol. The summed E-state index contributed by atoms with van der Waals surface area (Å²) in [7, 11) is 0. The SMILES string of the molecule is CC.CC.Nc1ccccc1.O=C(Cl)c1ccno1.O=C(Nc1ccccc1)Nc1ccno1.O=C(O)c1ccno1.O=C=Nc1ccno1. The lowest BCUT2D eigenvalue weighted by molar-refractivity contribution is 0.0651. The van der Waals surface area contributed by atoms with Gasteiger partial charge in [0.1, 0.15) is 0 Å². The Morgan fingerprint density at radius 1 is 0.700 bits per heavy atom. The van der Waals surface area contributed by atoms with Crippen molar-refractivity contribution in [2.24, 2.45) is 4.99 Å². The van der Waals surface area contributed by atoms with Gasteiger partial charge in [-0.05, 0) is 35.9 Å². The summed E-state index contributed by atoms with van der Waals surface area (Å²) < 4.78 is 17.7. The minimum absolute atomic E-state index is 0.0756. The van der Waals surface area contributed by atoms with E-state index < -0.39 is 11.2 Å². The van der Waals surface area contributed by atoms with Crippen LogP contribution in [0.4, 0.5) is 27.9 Å². The first-order valence-corrected chi connectivity index (χ1v) is 14.7. The van der Waals surface area contributed by atoms with Crippen molar-refractivity contribution in [2.75, 3.05) is 16.4 Å². The number of rotatable bonds is 5. The molecule has 0 saturated heterocycles. The van der Waals surface area contributed by atoms with Crippen molar-refractivity contribution in [1.82, 2.24) is 20.6 Å². The number of nitrogen functional groups attached to an aromatic ring is 1. The summed E-state index contributed by atoms with van der Waals surface area (Å²) >= 11 is 4.97. The van der Waals surface area contributed by atoms with E-state index in [4.69, 9.17) is 27.0 Å². The highest BCUT2D eigenvalue weighted by atomic mass is 35.5. The predicted molar refractivity (Wildman–Crippen MR) is 184 cm³/mol. The second kappa shape index (κ2) is 28.4. The average molecular weight is 711 g/mol. The van der Waals surface area contributed by atoms with Crippen LogP contribution >= 0.6 is 11.6 Å². The average Bonchev–Trinajstić information content (AvgIpc) is 3.98. The fraction of sp³-hybridized carbons (Fsp3) is 0.125. The van der Waals surface area contributed by atoms with Gasteiger partial charge in [0.25, 0.3) is 11.1 Å². The second-order valence-electron chi connectivity index (χ2n) is 7.62. The Kier molecular flexibility index (Phi) is 24.5. The van der Waals surface area contributed by atoms with Gasteiger partial charge in [0, 0.05) is 35.6 Å². The number of isocyanates is 1. The molecule has 4 aromatic heterocycles. The van der Waals surface area contributed by atoms with Crippen LogP contribution in [0.2, 0.25) is 0 Å². The van der Waals surface area contributed by atoms with E-state index in [0.717, 1.165) is 11.4 Å². The number of nitrogens with zero attached hydrogens (tertiary/aromatic N) is 5. The number of carbonyl (C=O) groups excluding carboxylic acids is 3. The first-order valence-electron chi connectivity index (χ1n) is 14.4. The summed E-state index contributed by atoms with van der Waals surface area (Å²) in [6.45, 7) is 8.00. The van der Waals surface area contributed by atoms with Crippen LogP contribution in [-0.4, -0.2) is 49.1 Å². The number of halogens is 1. The van der Waals surface area contributed by atoms with Gasteiger partial charge in [0.15, 0.2) is 0 Å². The quantitative estimate of drug-likeness (QED) is 0.0578. The molecule has 4 heterocycles. The highest BCUT2D eigenvalue weighted by molar-refractivity contribution is 6.67. The van der Waals surface area contributed by atoms with E-state index in [1.165, 1.54) is 49.1 Å². The van der Waals surface area contributed by atoms with E-state index in [0.29, 0.717) is 5.88 Å². The van der Waals surface area contributed by atoms with Crippen LogP contribution in [0, 0.1) is 0 Å². The summed E-state index contributed by atoms with van der Waals surface area (Å²) in [5.41, 5.74) is 6.90. The number of hydrogen-bond acceptors (Lipinski definition) is 14. The van der Waals surface area contributed by atoms with Gasteiger partial charge in [-0.2, -0.15) is 0 Å². The maximum absolute atomic E-state index is 11.4. The van der Waals surface area contributed by atoms with E-state index in [-0.39, 0.29) is 23.4 Å². The van der Waals surface area contributed by atoms with Crippen LogP contribution in [0.15, 0.2) is 133 Å². The molecule has 0 bridgehead atoms. The minimum atomic E-state index is -1.09. The topological polar surface area (TPSA) is 255 Å².